The van der Waals surface area contributed by atoms with Crippen molar-refractivity contribution in [1.82, 2.24) is 16.0 Å². The normalized spacial score (nSPS) is 13.3. The van der Waals surface area contributed by atoms with Crippen LogP contribution in [0.15, 0.2) is 224 Å². The zero-order valence-corrected chi connectivity index (χ0v) is 64.7. The molecule has 110 heavy (non-hydrogen) atoms. The molecule has 20 heteroatoms. The van der Waals surface area contributed by atoms with Crippen LogP contribution in [-0.4, -0.2) is 99.9 Å². The number of carbonyl (C=O) groups is 6. The fraction of sp³-hybridized carbons (Fsp3) is 0.333. The second-order valence-electron chi connectivity index (χ2n) is 29.2. The van der Waals surface area contributed by atoms with Gasteiger partial charge in [0.2, 0.25) is 5.91 Å². The average Bonchev–Trinajstić information content (AvgIpc) is 1.21. The van der Waals surface area contributed by atoms with E-state index >= 15 is 0 Å². The number of nitrogens with two attached hydrogens (primary N) is 1. The van der Waals surface area contributed by atoms with Gasteiger partial charge in [0.15, 0.2) is 0 Å². The molecule has 9 aromatic rings. The van der Waals surface area contributed by atoms with Crippen LogP contribution in [0.2, 0.25) is 5.02 Å². The third-order valence-electron chi connectivity index (χ3n) is 17.5. The highest BCUT2D eigenvalue weighted by Gasteiger charge is 2.37. The second kappa shape index (κ2) is 41.7. The number of carboxylic acids is 1. The Kier molecular flexibility index (Phi) is 34.3. The number of halogens is 2. The summed E-state index contributed by atoms with van der Waals surface area (Å²) in [7, 11) is 2.69. The van der Waals surface area contributed by atoms with Gasteiger partial charge in [-0.15, -0.1) is 20.8 Å². The lowest BCUT2D eigenvalue weighted by Crippen LogP contribution is -2.53. The zero-order valence-electron chi connectivity index (χ0n) is 62.1. The Morgan fingerprint density at radius 2 is 0.827 bits per heavy atom. The van der Waals surface area contributed by atoms with Gasteiger partial charge in [-0.05, 0) is 169 Å². The van der Waals surface area contributed by atoms with Crippen LogP contribution < -0.4 is 27.0 Å². The maximum atomic E-state index is 13.6. The third kappa shape index (κ3) is 25.8. The Balaban J connectivity index is 0.000000279. The standard InChI is InChI=1S/C34H40N2O6.C24H21NO5.C19H15Cl2P.C10H21NO2.3CH4/c1-21(2)18-30(32(39)42-34(3,4)5)35-31(38)29(19-22-14-16-23(37)17-15-22)36-33(40)41-20-28-26-12-8-6-10-24(26)25-11-7-9-13-27(25)28;26-16-11-9-15(10-12-16)13-22(23(27)28)25-24(29)30-14-21-19-7-3-1-5-17(19)18-6-2-4-8-20(18)21;20-18-9-5-4-8-17(18)19(21,14-6-2-1-3-7-14)15-10-12-16(22)13-11-15;1-7(2)6-8(11)9(12)13-10(3,4)5;;;/h6-17,21,28-30,37H,18-20H2,1-5H3,(H,35,38)(H,36,40);1-12,21-22,26H,13-14H2,(H,25,29)(H,27,28);1-13H,22H2;7-8H,6,11H2,1-5H3;3*1H4/t29-,30?;;;8-;;;/m0..0.../s1. The molecule has 3 amide bonds. The van der Waals surface area contributed by atoms with E-state index in [1.165, 1.54) is 24.3 Å². The SMILES string of the molecule is C.C.C.CC(C)CC(NC(=O)[C@H](Cc1ccc(O)cc1)NC(=O)OCC1c2ccccc2-c2ccccc21)C(=O)OC(C)(C)C.CC(C)C[C@H](N)C(=O)OC(C)(C)C.O=C(NC(Cc1ccc(O)cc1)C(=O)O)OCC1c2ccccc2-c2ccccc21.Pc1ccc(C(Cl)(c2ccccc2)c2ccccc2Cl)cc1. The number of esters is 2. The molecule has 0 aliphatic heterocycles. The lowest BCUT2D eigenvalue weighted by Gasteiger charge is -2.30. The second-order valence-corrected chi connectivity index (χ2v) is 30.9. The Morgan fingerprint density at radius 3 is 1.23 bits per heavy atom. The van der Waals surface area contributed by atoms with Crippen molar-refractivity contribution in [3.63, 3.8) is 0 Å². The number of rotatable bonds is 22. The lowest BCUT2D eigenvalue weighted by molar-refractivity contribution is -0.159. The molecule has 17 nitrogen and oxygen atoms in total. The van der Waals surface area contributed by atoms with E-state index in [1.54, 1.807) is 45.0 Å². The van der Waals surface area contributed by atoms with E-state index in [-0.39, 0.29) is 83.6 Å². The van der Waals surface area contributed by atoms with Crippen LogP contribution in [0, 0.1) is 11.8 Å². The minimum atomic E-state index is -1.16. The van der Waals surface area contributed by atoms with E-state index in [4.69, 9.17) is 47.9 Å². The number of hydrogen-bond donors (Lipinski definition) is 7. The summed E-state index contributed by atoms with van der Waals surface area (Å²) in [5.41, 5.74) is 17.6. The number of carboxylic acid groups (broad SMARTS) is 1. The fourth-order valence-corrected chi connectivity index (χ4v) is 13.6. The van der Waals surface area contributed by atoms with E-state index in [9.17, 15) is 44.1 Å². The number of alkyl halides is 1. The predicted molar refractivity (Wildman–Crippen MR) is 445 cm³/mol. The molecule has 0 bridgehead atoms. The summed E-state index contributed by atoms with van der Waals surface area (Å²) in [5, 5.41) is 38.2. The van der Waals surface area contributed by atoms with Crippen LogP contribution in [0.25, 0.3) is 22.3 Å². The molecule has 0 saturated carbocycles. The van der Waals surface area contributed by atoms with Crippen molar-refractivity contribution in [2.45, 2.75) is 169 Å². The van der Waals surface area contributed by atoms with Gasteiger partial charge in [-0.3, -0.25) is 9.59 Å². The van der Waals surface area contributed by atoms with E-state index in [1.807, 2.05) is 212 Å². The first-order valence-electron chi connectivity index (χ1n) is 35.7. The smallest absolute Gasteiger partial charge is 0.407 e. The van der Waals surface area contributed by atoms with Crippen LogP contribution >= 0.6 is 32.4 Å². The summed E-state index contributed by atoms with van der Waals surface area (Å²) in [5.74, 6) is -2.05. The van der Waals surface area contributed by atoms with Gasteiger partial charge in [-0.1, -0.05) is 256 Å². The van der Waals surface area contributed by atoms with Crippen molar-refractivity contribution in [2.24, 2.45) is 17.6 Å². The Hall–Kier alpha value is -10.0. The van der Waals surface area contributed by atoms with Crippen LogP contribution in [0.3, 0.4) is 0 Å². The monoisotopic (exact) mass is 1550 g/mol. The van der Waals surface area contributed by atoms with Crippen LogP contribution in [0.5, 0.6) is 11.5 Å². The number of phenolic OH excluding ortho intramolecular Hbond substituents is 2. The summed E-state index contributed by atoms with van der Waals surface area (Å²) in [6.07, 6.45) is -0.262. The molecule has 0 heterocycles. The molecule has 6 atom stereocenters. The fourth-order valence-electron chi connectivity index (χ4n) is 12.6. The van der Waals surface area contributed by atoms with Gasteiger partial charge >= 0.3 is 30.1 Å². The van der Waals surface area contributed by atoms with E-state index in [2.05, 4.69) is 37.3 Å². The van der Waals surface area contributed by atoms with Crippen molar-refractivity contribution in [1.29, 1.82) is 0 Å². The van der Waals surface area contributed by atoms with E-state index < -0.39 is 70.3 Å². The molecule has 9 aromatic carbocycles. The molecule has 4 unspecified atom stereocenters. The summed E-state index contributed by atoms with van der Waals surface area (Å²) in [6, 6.07) is 67.1. The van der Waals surface area contributed by atoms with Gasteiger partial charge in [0.05, 0.1) is 0 Å². The van der Waals surface area contributed by atoms with Crippen LogP contribution in [-0.2, 0) is 55.8 Å². The summed E-state index contributed by atoms with van der Waals surface area (Å²) >= 11 is 13.6. The molecular formula is C90H109Cl2N4O13P. The third-order valence-corrected chi connectivity index (χ3v) is 18.9. The first kappa shape index (κ1) is 90.6. The summed E-state index contributed by atoms with van der Waals surface area (Å²) in [4.78, 5) is 74.1. The number of fused-ring (bicyclic) bond motifs is 6. The number of ether oxygens (including phenoxy) is 4. The number of aliphatic carboxylic acids is 1. The summed E-state index contributed by atoms with van der Waals surface area (Å²) in [6.45, 7) is 19.0. The molecule has 0 aromatic heterocycles. The zero-order chi connectivity index (χ0) is 77.8. The highest BCUT2D eigenvalue weighted by Crippen LogP contribution is 2.47. The van der Waals surface area contributed by atoms with Crippen molar-refractivity contribution >= 4 is 73.7 Å². The molecule has 0 spiro atoms. The van der Waals surface area contributed by atoms with Crippen molar-refractivity contribution < 1.29 is 63.0 Å². The Labute approximate surface area is 662 Å². The molecule has 586 valence electrons. The number of benzene rings is 9. The molecular weight excluding hydrogens is 1450 g/mol. The number of phenols is 2. The molecule has 0 radical (unpaired) electrons. The predicted octanol–water partition coefficient (Wildman–Crippen LogP) is 18.6. The van der Waals surface area contributed by atoms with Gasteiger partial charge < -0.3 is 56.0 Å². The van der Waals surface area contributed by atoms with Gasteiger partial charge in [-0.25, -0.2) is 19.2 Å². The molecule has 2 aliphatic rings. The van der Waals surface area contributed by atoms with Gasteiger partial charge in [0.1, 0.15) is 65.0 Å². The maximum Gasteiger partial charge on any atom is 0.407 e. The quantitative estimate of drug-likeness (QED) is 0.0109. The first-order valence-corrected chi connectivity index (χ1v) is 37.0. The Morgan fingerprint density at radius 1 is 0.464 bits per heavy atom. The van der Waals surface area contributed by atoms with Crippen molar-refractivity contribution in [3.8, 4) is 33.8 Å². The molecule has 11 rings (SSSR count). The first-order chi connectivity index (χ1) is 50.8. The minimum Gasteiger partial charge on any atom is -0.508 e. The highest BCUT2D eigenvalue weighted by atomic mass is 35.5. The molecule has 0 fully saturated rings. The number of alkyl carbamates (subject to hydrolysis) is 2. The maximum absolute atomic E-state index is 13.6. The summed E-state index contributed by atoms with van der Waals surface area (Å²) < 4.78 is 21.8. The average molecular weight is 1560 g/mol. The number of aromatic hydroxyl groups is 2. The topological polar surface area (TPSA) is 262 Å². The minimum absolute atomic E-state index is 0. The van der Waals surface area contributed by atoms with Crippen LogP contribution in [0.1, 0.15) is 166 Å². The van der Waals surface area contributed by atoms with Gasteiger partial charge in [-0.2, -0.15) is 0 Å². The van der Waals surface area contributed by atoms with Crippen molar-refractivity contribution in [3.05, 3.63) is 280 Å². The van der Waals surface area contributed by atoms with Gasteiger partial charge in [0.25, 0.3) is 0 Å². The molecule has 2 aliphatic carbocycles. The molecule has 8 N–H and O–H groups in total. The lowest BCUT2D eigenvalue weighted by atomic mass is 9.84. The van der Waals surface area contributed by atoms with Crippen LogP contribution in [0.4, 0.5) is 9.59 Å². The van der Waals surface area contributed by atoms with E-state index in [0.717, 1.165) is 66.5 Å². The Bertz CT molecular complexity index is 4380. The van der Waals surface area contributed by atoms with Gasteiger partial charge in [0, 0.05) is 35.3 Å². The van der Waals surface area contributed by atoms with E-state index in [0.29, 0.717) is 34.9 Å². The highest BCUT2D eigenvalue weighted by molar-refractivity contribution is 7.27. The number of nitrogens with one attached hydrogen (secondary N) is 3. The number of carbonyl (C=O) groups excluding carboxylic acids is 5. The number of hydrogen-bond acceptors (Lipinski definition) is 13. The van der Waals surface area contributed by atoms with Crippen molar-refractivity contribution in [2.75, 3.05) is 13.2 Å². The molecule has 0 saturated heterocycles. The largest absolute Gasteiger partial charge is 0.508 e. The number of amides is 3.